The van der Waals surface area contributed by atoms with E-state index in [0.717, 1.165) is 5.69 Å². The van der Waals surface area contributed by atoms with Crippen LogP contribution in [0.4, 0.5) is 4.39 Å². The summed E-state index contributed by atoms with van der Waals surface area (Å²) in [4.78, 5) is 12.0. The van der Waals surface area contributed by atoms with Crippen LogP contribution in [0.2, 0.25) is 5.02 Å². The molecule has 0 saturated carbocycles. The number of thioether (sulfide) groups is 1. The van der Waals surface area contributed by atoms with Crippen molar-refractivity contribution in [2.75, 3.05) is 12.3 Å². The van der Waals surface area contributed by atoms with Crippen molar-refractivity contribution >= 4 is 29.3 Å². The van der Waals surface area contributed by atoms with Crippen molar-refractivity contribution < 1.29 is 9.18 Å². The molecule has 0 saturated heterocycles. The lowest BCUT2D eigenvalue weighted by molar-refractivity contribution is -0.118. The molecule has 2 aromatic carbocycles. The first-order valence-corrected chi connectivity index (χ1v) is 9.17. The van der Waals surface area contributed by atoms with Gasteiger partial charge in [0.25, 0.3) is 0 Å². The molecule has 1 heterocycles. The number of benzene rings is 2. The van der Waals surface area contributed by atoms with Gasteiger partial charge in [0.05, 0.1) is 11.4 Å². The maximum atomic E-state index is 13.5. The summed E-state index contributed by atoms with van der Waals surface area (Å²) in [5.74, 6) is -0.277. The largest absolute Gasteiger partial charge is 0.355 e. The zero-order valence-electron chi connectivity index (χ0n) is 13.6. The minimum Gasteiger partial charge on any atom is -0.355 e. The van der Waals surface area contributed by atoms with Crippen LogP contribution in [0.5, 0.6) is 0 Å². The molecule has 0 bridgehead atoms. The Labute approximate surface area is 158 Å². The zero-order valence-corrected chi connectivity index (χ0v) is 15.2. The number of aromatic nitrogens is 4. The van der Waals surface area contributed by atoms with E-state index in [2.05, 4.69) is 20.8 Å². The summed E-state index contributed by atoms with van der Waals surface area (Å²) >= 11 is 7.09. The average molecular weight is 392 g/mol. The Bertz CT molecular complexity index is 887. The molecule has 0 aliphatic rings. The highest BCUT2D eigenvalue weighted by atomic mass is 35.5. The van der Waals surface area contributed by atoms with Gasteiger partial charge < -0.3 is 5.32 Å². The normalized spacial score (nSPS) is 10.7. The van der Waals surface area contributed by atoms with Crippen molar-refractivity contribution in [2.24, 2.45) is 0 Å². The zero-order chi connectivity index (χ0) is 18.4. The Kier molecular flexibility index (Phi) is 6.19. The predicted octanol–water partition coefficient (Wildman–Crippen LogP) is 2.91. The van der Waals surface area contributed by atoms with Gasteiger partial charge in [0.1, 0.15) is 5.82 Å². The van der Waals surface area contributed by atoms with Gasteiger partial charge in [-0.1, -0.05) is 41.6 Å². The van der Waals surface area contributed by atoms with Crippen LogP contribution in [-0.4, -0.2) is 38.4 Å². The van der Waals surface area contributed by atoms with Gasteiger partial charge in [-0.25, -0.2) is 4.39 Å². The Morgan fingerprint density at radius 1 is 1.19 bits per heavy atom. The third-order valence-electron chi connectivity index (χ3n) is 3.52. The molecule has 6 nitrogen and oxygen atoms in total. The van der Waals surface area contributed by atoms with E-state index in [4.69, 9.17) is 11.6 Å². The first kappa shape index (κ1) is 18.3. The molecule has 0 spiro atoms. The van der Waals surface area contributed by atoms with Crippen LogP contribution >= 0.6 is 23.4 Å². The van der Waals surface area contributed by atoms with Crippen LogP contribution in [0.15, 0.2) is 53.7 Å². The number of halogens is 2. The number of nitrogens with one attached hydrogen (secondary N) is 1. The Balaban J connectivity index is 1.50. The molecule has 0 fully saturated rings. The molecular formula is C17H15ClFN5OS. The summed E-state index contributed by atoms with van der Waals surface area (Å²) in [6, 6.07) is 13.6. The predicted molar refractivity (Wildman–Crippen MR) is 98.0 cm³/mol. The van der Waals surface area contributed by atoms with Crippen molar-refractivity contribution in [3.8, 4) is 5.69 Å². The average Bonchev–Trinajstić information content (AvgIpc) is 3.11. The molecule has 0 radical (unpaired) electrons. The Morgan fingerprint density at radius 3 is 2.73 bits per heavy atom. The topological polar surface area (TPSA) is 72.7 Å². The molecule has 3 aromatic rings. The molecule has 3 rings (SSSR count). The van der Waals surface area contributed by atoms with Gasteiger partial charge in [0.2, 0.25) is 11.1 Å². The highest BCUT2D eigenvalue weighted by molar-refractivity contribution is 7.99. The summed E-state index contributed by atoms with van der Waals surface area (Å²) < 4.78 is 15.1. The number of hydrogen-bond acceptors (Lipinski definition) is 5. The summed E-state index contributed by atoms with van der Waals surface area (Å²) in [5.41, 5.74) is 1.33. The van der Waals surface area contributed by atoms with Gasteiger partial charge in [-0.2, -0.15) is 4.68 Å². The number of nitrogens with zero attached hydrogens (tertiary/aromatic N) is 4. The molecule has 0 atom stereocenters. The molecule has 0 aliphatic heterocycles. The summed E-state index contributed by atoms with van der Waals surface area (Å²) in [5, 5.41) is 15.4. The molecule has 0 unspecified atom stereocenters. The minimum absolute atomic E-state index is 0.158. The minimum atomic E-state index is -0.265. The Hall–Kier alpha value is -2.45. The fourth-order valence-corrected chi connectivity index (χ4v) is 3.08. The van der Waals surface area contributed by atoms with Gasteiger partial charge in [-0.15, -0.1) is 5.10 Å². The highest BCUT2D eigenvalue weighted by Gasteiger charge is 2.11. The molecule has 9 heteroatoms. The van der Waals surface area contributed by atoms with Crippen LogP contribution in [-0.2, 0) is 11.2 Å². The smallest absolute Gasteiger partial charge is 0.230 e. The van der Waals surface area contributed by atoms with Crippen molar-refractivity contribution in [1.82, 2.24) is 25.5 Å². The van der Waals surface area contributed by atoms with Crippen molar-refractivity contribution in [3.05, 3.63) is 64.9 Å². The van der Waals surface area contributed by atoms with Gasteiger partial charge in [-0.05, 0) is 52.7 Å². The van der Waals surface area contributed by atoms with E-state index >= 15 is 0 Å². The third kappa shape index (κ3) is 4.80. The molecule has 1 aromatic heterocycles. The Morgan fingerprint density at radius 2 is 1.96 bits per heavy atom. The van der Waals surface area contributed by atoms with Crippen LogP contribution in [0, 0.1) is 5.82 Å². The van der Waals surface area contributed by atoms with Gasteiger partial charge in [0, 0.05) is 11.6 Å². The summed E-state index contributed by atoms with van der Waals surface area (Å²) in [6.45, 7) is 0.364. The number of carbonyl (C=O) groups excluding carboxylic acids is 1. The monoisotopic (exact) mass is 391 g/mol. The van der Waals surface area contributed by atoms with E-state index in [1.807, 2.05) is 0 Å². The molecule has 134 valence electrons. The van der Waals surface area contributed by atoms with E-state index in [0.29, 0.717) is 28.7 Å². The first-order valence-electron chi connectivity index (χ1n) is 7.81. The molecule has 26 heavy (non-hydrogen) atoms. The standard InChI is InChI=1S/C17H15ClFN5OS/c18-13-5-7-14(8-6-13)24-17(21-22-23-24)26-11-16(25)20-10-9-12-3-1-2-4-15(12)19/h1-8H,9-11H2,(H,20,25). The lowest BCUT2D eigenvalue weighted by Crippen LogP contribution is -2.27. The van der Waals surface area contributed by atoms with Crippen LogP contribution in [0.3, 0.4) is 0 Å². The summed E-state index contributed by atoms with van der Waals surface area (Å²) in [7, 11) is 0. The number of tetrazole rings is 1. The second-order valence-corrected chi connectivity index (χ2v) is 6.71. The van der Waals surface area contributed by atoms with E-state index in [1.165, 1.54) is 22.5 Å². The van der Waals surface area contributed by atoms with Crippen LogP contribution in [0.1, 0.15) is 5.56 Å². The maximum absolute atomic E-state index is 13.5. The van der Waals surface area contributed by atoms with Crippen LogP contribution < -0.4 is 5.32 Å². The first-order chi connectivity index (χ1) is 12.6. The summed E-state index contributed by atoms with van der Waals surface area (Å²) in [6.07, 6.45) is 0.436. The highest BCUT2D eigenvalue weighted by Crippen LogP contribution is 2.19. The molecule has 0 aliphatic carbocycles. The van der Waals surface area contributed by atoms with Gasteiger partial charge >= 0.3 is 0 Å². The fourth-order valence-electron chi connectivity index (χ4n) is 2.23. The number of carbonyl (C=O) groups is 1. The van der Waals surface area contributed by atoms with E-state index < -0.39 is 0 Å². The second-order valence-electron chi connectivity index (χ2n) is 5.33. The second kappa shape index (κ2) is 8.77. The van der Waals surface area contributed by atoms with E-state index in [1.54, 1.807) is 42.5 Å². The lowest BCUT2D eigenvalue weighted by atomic mass is 10.1. The lowest BCUT2D eigenvalue weighted by Gasteiger charge is -2.06. The quantitative estimate of drug-likeness (QED) is 0.627. The van der Waals surface area contributed by atoms with Crippen molar-refractivity contribution in [3.63, 3.8) is 0 Å². The SMILES string of the molecule is O=C(CSc1nnnn1-c1ccc(Cl)cc1)NCCc1ccccc1F. The van der Waals surface area contributed by atoms with Crippen molar-refractivity contribution in [1.29, 1.82) is 0 Å². The molecule has 1 N–H and O–H groups in total. The third-order valence-corrected chi connectivity index (χ3v) is 4.69. The van der Waals surface area contributed by atoms with Crippen LogP contribution in [0.25, 0.3) is 5.69 Å². The fraction of sp³-hybridized carbons (Fsp3) is 0.176. The number of amides is 1. The van der Waals surface area contributed by atoms with E-state index in [-0.39, 0.29) is 17.5 Å². The van der Waals surface area contributed by atoms with E-state index in [9.17, 15) is 9.18 Å². The number of hydrogen-bond donors (Lipinski definition) is 1. The molecule has 1 amide bonds. The van der Waals surface area contributed by atoms with Gasteiger partial charge in [-0.3, -0.25) is 4.79 Å². The van der Waals surface area contributed by atoms with Crippen molar-refractivity contribution in [2.45, 2.75) is 11.6 Å². The maximum Gasteiger partial charge on any atom is 0.230 e. The molecular weight excluding hydrogens is 377 g/mol. The number of rotatable bonds is 7. The van der Waals surface area contributed by atoms with Gasteiger partial charge in [0.15, 0.2) is 0 Å².